The fourth-order valence-electron chi connectivity index (χ4n) is 1.28. The Kier molecular flexibility index (Phi) is 4.74. The van der Waals surface area contributed by atoms with Crippen molar-refractivity contribution in [3.63, 3.8) is 0 Å². The Morgan fingerprint density at radius 3 is 2.31 bits per heavy atom. The van der Waals surface area contributed by atoms with E-state index in [1.165, 1.54) is 0 Å². The molecule has 1 aromatic heterocycles. The van der Waals surface area contributed by atoms with E-state index in [9.17, 15) is 0 Å². The molecule has 0 atom stereocenters. The van der Waals surface area contributed by atoms with Gasteiger partial charge in [-0.15, -0.1) is 0 Å². The molecule has 90 valence electrons. The highest BCUT2D eigenvalue weighted by molar-refractivity contribution is 7.99. The van der Waals surface area contributed by atoms with E-state index in [4.69, 9.17) is 5.73 Å². The third kappa shape index (κ3) is 4.49. The van der Waals surface area contributed by atoms with E-state index in [1.807, 2.05) is 19.9 Å². The number of nitrogens with two attached hydrogens (primary N) is 1. The van der Waals surface area contributed by atoms with Gasteiger partial charge >= 0.3 is 0 Å². The third-order valence-corrected chi connectivity index (χ3v) is 3.37. The molecule has 0 unspecified atom stereocenters. The van der Waals surface area contributed by atoms with Crippen LogP contribution < -0.4 is 5.73 Å². The molecule has 0 aliphatic heterocycles. The quantitative estimate of drug-likeness (QED) is 0.634. The van der Waals surface area contributed by atoms with E-state index in [-0.39, 0.29) is 5.41 Å². The summed E-state index contributed by atoms with van der Waals surface area (Å²) in [4.78, 5) is 8.80. The van der Waals surface area contributed by atoms with Gasteiger partial charge in [-0.05, 0) is 38.3 Å². The van der Waals surface area contributed by atoms with Crippen LogP contribution in [0.25, 0.3) is 0 Å². The van der Waals surface area contributed by atoms with Crippen molar-refractivity contribution in [3.8, 4) is 0 Å². The van der Waals surface area contributed by atoms with Crippen molar-refractivity contribution in [2.75, 3.05) is 12.3 Å². The molecule has 2 N–H and O–H groups in total. The summed E-state index contributed by atoms with van der Waals surface area (Å²) >= 11 is 1.71. The molecule has 0 aliphatic carbocycles. The summed E-state index contributed by atoms with van der Waals surface area (Å²) in [6.45, 7) is 9.11. The fraction of sp³-hybridized carbons (Fsp3) is 0.667. The number of rotatable bonds is 5. The molecule has 0 fully saturated rings. The molecule has 0 aliphatic rings. The van der Waals surface area contributed by atoms with Crippen molar-refractivity contribution < 1.29 is 0 Å². The second-order valence-electron chi connectivity index (χ2n) is 4.90. The summed E-state index contributed by atoms with van der Waals surface area (Å²) in [5.41, 5.74) is 7.98. The van der Waals surface area contributed by atoms with E-state index >= 15 is 0 Å². The van der Waals surface area contributed by atoms with Gasteiger partial charge < -0.3 is 5.73 Å². The van der Waals surface area contributed by atoms with Gasteiger partial charge in [0.05, 0.1) is 0 Å². The lowest BCUT2D eigenvalue weighted by Crippen LogP contribution is -2.24. The molecule has 16 heavy (non-hydrogen) atoms. The Hall–Kier alpha value is -0.610. The van der Waals surface area contributed by atoms with Gasteiger partial charge in [-0.3, -0.25) is 0 Å². The average molecular weight is 239 g/mol. The van der Waals surface area contributed by atoms with E-state index in [0.717, 1.165) is 35.3 Å². The van der Waals surface area contributed by atoms with Crippen molar-refractivity contribution >= 4 is 11.8 Å². The summed E-state index contributed by atoms with van der Waals surface area (Å²) in [6, 6.07) is 1.99. The zero-order valence-corrected chi connectivity index (χ0v) is 11.4. The topological polar surface area (TPSA) is 51.8 Å². The Morgan fingerprint density at radius 2 is 1.81 bits per heavy atom. The summed E-state index contributed by atoms with van der Waals surface area (Å²) in [5, 5.41) is 0.880. The summed E-state index contributed by atoms with van der Waals surface area (Å²) in [7, 11) is 0. The second-order valence-corrected chi connectivity index (χ2v) is 5.96. The lowest BCUT2D eigenvalue weighted by Gasteiger charge is -2.21. The van der Waals surface area contributed by atoms with Gasteiger partial charge in [0.2, 0.25) is 0 Å². The normalized spacial score (nSPS) is 11.8. The molecule has 1 rings (SSSR count). The molecule has 0 amide bonds. The molecule has 0 radical (unpaired) electrons. The Balaban J connectivity index is 2.49. The average Bonchev–Trinajstić information content (AvgIpc) is 2.16. The SMILES string of the molecule is Cc1cc(C)nc(SCCC(C)(C)CN)n1. The monoisotopic (exact) mass is 239 g/mol. The molecule has 0 saturated carbocycles. The molecule has 0 aromatic carbocycles. The van der Waals surface area contributed by atoms with Gasteiger partial charge in [-0.2, -0.15) is 0 Å². The van der Waals surface area contributed by atoms with Crippen LogP contribution in [0.15, 0.2) is 11.2 Å². The summed E-state index contributed by atoms with van der Waals surface area (Å²) in [6.07, 6.45) is 1.09. The molecule has 1 aromatic rings. The number of aromatic nitrogens is 2. The number of aryl methyl sites for hydroxylation is 2. The van der Waals surface area contributed by atoms with Gasteiger partial charge in [0, 0.05) is 17.1 Å². The highest BCUT2D eigenvalue weighted by Crippen LogP contribution is 2.23. The van der Waals surface area contributed by atoms with Gasteiger partial charge in [-0.1, -0.05) is 25.6 Å². The Morgan fingerprint density at radius 1 is 1.25 bits per heavy atom. The molecule has 0 saturated heterocycles. The number of nitrogens with zero attached hydrogens (tertiary/aromatic N) is 2. The maximum atomic E-state index is 5.69. The van der Waals surface area contributed by atoms with Crippen LogP contribution in [0.4, 0.5) is 0 Å². The highest BCUT2D eigenvalue weighted by atomic mass is 32.2. The van der Waals surface area contributed by atoms with Crippen LogP contribution in [0.3, 0.4) is 0 Å². The zero-order valence-electron chi connectivity index (χ0n) is 10.6. The molecular weight excluding hydrogens is 218 g/mol. The van der Waals surface area contributed by atoms with Crippen LogP contribution in [0.5, 0.6) is 0 Å². The van der Waals surface area contributed by atoms with Crippen molar-refractivity contribution in [2.45, 2.75) is 39.3 Å². The minimum Gasteiger partial charge on any atom is -0.330 e. The van der Waals surface area contributed by atoms with Crippen LogP contribution in [-0.4, -0.2) is 22.3 Å². The van der Waals surface area contributed by atoms with Crippen LogP contribution in [0.2, 0.25) is 0 Å². The molecule has 0 bridgehead atoms. The molecule has 4 heteroatoms. The van der Waals surface area contributed by atoms with Gasteiger partial charge in [0.1, 0.15) is 0 Å². The first-order valence-electron chi connectivity index (χ1n) is 5.58. The predicted molar refractivity (Wildman–Crippen MR) is 69.7 cm³/mol. The number of thioether (sulfide) groups is 1. The van der Waals surface area contributed by atoms with Crippen LogP contribution in [0, 0.1) is 19.3 Å². The number of hydrogen-bond donors (Lipinski definition) is 1. The molecule has 0 spiro atoms. The second kappa shape index (κ2) is 5.64. The van der Waals surface area contributed by atoms with Crippen molar-refractivity contribution in [1.29, 1.82) is 0 Å². The predicted octanol–water partition coefficient (Wildman–Crippen LogP) is 2.56. The fourth-order valence-corrected chi connectivity index (χ4v) is 2.53. The molecular formula is C12H21N3S. The van der Waals surface area contributed by atoms with E-state index < -0.39 is 0 Å². The van der Waals surface area contributed by atoms with E-state index in [1.54, 1.807) is 11.8 Å². The van der Waals surface area contributed by atoms with Gasteiger partial charge in [0.15, 0.2) is 5.16 Å². The van der Waals surface area contributed by atoms with E-state index in [2.05, 4.69) is 23.8 Å². The van der Waals surface area contributed by atoms with Crippen LogP contribution in [-0.2, 0) is 0 Å². The summed E-state index contributed by atoms with van der Waals surface area (Å²) in [5.74, 6) is 1.02. The minimum atomic E-state index is 0.214. The number of hydrogen-bond acceptors (Lipinski definition) is 4. The largest absolute Gasteiger partial charge is 0.330 e. The maximum absolute atomic E-state index is 5.69. The van der Waals surface area contributed by atoms with Crippen molar-refractivity contribution in [1.82, 2.24) is 9.97 Å². The van der Waals surface area contributed by atoms with Crippen LogP contribution in [0.1, 0.15) is 31.7 Å². The van der Waals surface area contributed by atoms with E-state index in [0.29, 0.717) is 0 Å². The third-order valence-electron chi connectivity index (χ3n) is 2.52. The van der Waals surface area contributed by atoms with Gasteiger partial charge in [-0.25, -0.2) is 9.97 Å². The zero-order chi connectivity index (χ0) is 12.2. The smallest absolute Gasteiger partial charge is 0.187 e. The lowest BCUT2D eigenvalue weighted by atomic mass is 9.91. The first kappa shape index (κ1) is 13.5. The summed E-state index contributed by atoms with van der Waals surface area (Å²) < 4.78 is 0. The van der Waals surface area contributed by atoms with Crippen LogP contribution >= 0.6 is 11.8 Å². The lowest BCUT2D eigenvalue weighted by molar-refractivity contribution is 0.368. The van der Waals surface area contributed by atoms with Crippen molar-refractivity contribution in [3.05, 3.63) is 17.5 Å². The molecule has 1 heterocycles. The maximum Gasteiger partial charge on any atom is 0.187 e. The Bertz CT molecular complexity index is 330. The standard InChI is InChI=1S/C12H21N3S/c1-9-7-10(2)15-11(14-9)16-6-5-12(3,4)8-13/h7H,5-6,8,13H2,1-4H3. The first-order valence-corrected chi connectivity index (χ1v) is 6.57. The van der Waals surface area contributed by atoms with Gasteiger partial charge in [0.25, 0.3) is 0 Å². The highest BCUT2D eigenvalue weighted by Gasteiger charge is 2.15. The molecule has 3 nitrogen and oxygen atoms in total. The minimum absolute atomic E-state index is 0.214. The Labute approximate surface area is 102 Å². The van der Waals surface area contributed by atoms with Crippen molar-refractivity contribution in [2.24, 2.45) is 11.1 Å². The first-order chi connectivity index (χ1) is 7.43.